The van der Waals surface area contributed by atoms with E-state index in [9.17, 15) is 34.2 Å². The molecule has 4 N–H and O–H groups in total. The number of hydrogen-bond donors (Lipinski definition) is 4. The molecule has 0 aromatic heterocycles. The topological polar surface area (TPSA) is 163 Å². The average Bonchev–Trinajstić information content (AvgIpc) is 3.02. The van der Waals surface area contributed by atoms with Crippen LogP contribution in [0.15, 0.2) is 24.3 Å². The van der Waals surface area contributed by atoms with Crippen molar-refractivity contribution >= 4 is 29.5 Å². The highest BCUT2D eigenvalue weighted by atomic mass is 16.4. The van der Waals surface area contributed by atoms with Gasteiger partial charge in [-0.3, -0.25) is 43.6 Å². The number of carboxylic acids is 2. The minimum Gasteiger partial charge on any atom is -0.480 e. The molecule has 260 valence electrons. The lowest BCUT2D eigenvalue weighted by atomic mass is 10.0. The number of terminal acetylenes is 1. The zero-order valence-corrected chi connectivity index (χ0v) is 27.9. The molecule has 2 rings (SSSR count). The van der Waals surface area contributed by atoms with Crippen LogP contribution in [0.1, 0.15) is 50.7 Å². The van der Waals surface area contributed by atoms with Crippen LogP contribution in [-0.4, -0.2) is 150 Å². The molecule has 1 aliphatic rings. The zero-order chi connectivity index (χ0) is 34.6. The minimum absolute atomic E-state index is 0.0234. The molecule has 2 amide bonds. The van der Waals surface area contributed by atoms with Gasteiger partial charge in [0.15, 0.2) is 0 Å². The number of nitrogens with one attached hydrogen (secondary N) is 2. The molecule has 1 atom stereocenters. The van der Waals surface area contributed by atoms with E-state index in [2.05, 4.69) is 28.7 Å². The molecule has 0 radical (unpaired) electrons. The summed E-state index contributed by atoms with van der Waals surface area (Å²) in [6, 6.07) is 7.40. The number of carbonyl (C=O) groups excluding carboxylic acids is 3. The van der Waals surface area contributed by atoms with Crippen molar-refractivity contribution in [3.8, 4) is 12.3 Å². The van der Waals surface area contributed by atoms with Crippen molar-refractivity contribution in [2.45, 2.75) is 52.0 Å². The fourth-order valence-electron chi connectivity index (χ4n) is 5.46. The monoisotopic (exact) mass is 656 g/mol. The van der Waals surface area contributed by atoms with Crippen molar-refractivity contribution in [2.24, 2.45) is 0 Å². The Bertz CT molecular complexity index is 1170. The smallest absolute Gasteiger partial charge is 0.317 e. The molecule has 1 saturated heterocycles. The second-order valence-corrected chi connectivity index (χ2v) is 12.1. The minimum atomic E-state index is -0.996. The molecule has 0 spiro atoms. The summed E-state index contributed by atoms with van der Waals surface area (Å²) in [6.07, 6.45) is 10.3. The molecule has 1 heterocycles. The molecule has 0 saturated carbocycles. The highest BCUT2D eigenvalue weighted by Gasteiger charge is 2.25. The van der Waals surface area contributed by atoms with Gasteiger partial charge in [0.05, 0.1) is 32.2 Å². The molecule has 47 heavy (non-hydrogen) atoms. The number of benzene rings is 1. The number of rotatable bonds is 17. The van der Waals surface area contributed by atoms with Crippen LogP contribution in [0.5, 0.6) is 0 Å². The first-order valence-corrected chi connectivity index (χ1v) is 16.4. The summed E-state index contributed by atoms with van der Waals surface area (Å²) in [7, 11) is 0. The van der Waals surface area contributed by atoms with E-state index in [0.29, 0.717) is 58.9 Å². The van der Waals surface area contributed by atoms with Crippen LogP contribution in [0.2, 0.25) is 0 Å². The number of carbonyl (C=O) groups is 5. The fourth-order valence-corrected chi connectivity index (χ4v) is 5.46. The van der Waals surface area contributed by atoms with Gasteiger partial charge in [0.1, 0.15) is 5.78 Å². The van der Waals surface area contributed by atoms with Gasteiger partial charge in [-0.05, 0) is 50.8 Å². The van der Waals surface area contributed by atoms with Gasteiger partial charge in [-0.1, -0.05) is 30.9 Å². The van der Waals surface area contributed by atoms with Crippen molar-refractivity contribution in [1.29, 1.82) is 0 Å². The van der Waals surface area contributed by atoms with Crippen molar-refractivity contribution in [3.63, 3.8) is 0 Å². The first-order valence-electron chi connectivity index (χ1n) is 16.4. The molecule has 1 unspecified atom stereocenters. The third-order valence-electron chi connectivity index (χ3n) is 8.22. The summed E-state index contributed by atoms with van der Waals surface area (Å²) in [6.45, 7) is 6.54. The lowest BCUT2D eigenvalue weighted by molar-refractivity contribution is -0.140. The Balaban J connectivity index is 1.84. The van der Waals surface area contributed by atoms with E-state index in [-0.39, 0.29) is 43.8 Å². The number of Topliss-reactive ketones (excluding diaryl/α,β-unsaturated/α-hetero) is 1. The van der Waals surface area contributed by atoms with Gasteiger partial charge in [-0.2, -0.15) is 0 Å². The average molecular weight is 657 g/mol. The van der Waals surface area contributed by atoms with Crippen LogP contribution in [0.3, 0.4) is 0 Å². The first kappa shape index (κ1) is 39.3. The van der Waals surface area contributed by atoms with Crippen LogP contribution in [-0.2, 0) is 30.4 Å². The second kappa shape index (κ2) is 21.9. The number of unbranched alkanes of at least 4 members (excludes halogenated alkanes) is 3. The maximum Gasteiger partial charge on any atom is 0.317 e. The number of nitrogens with zero attached hydrogens (tertiary/aromatic N) is 4. The van der Waals surface area contributed by atoms with E-state index >= 15 is 0 Å². The van der Waals surface area contributed by atoms with Gasteiger partial charge in [0, 0.05) is 64.5 Å². The Morgan fingerprint density at radius 1 is 0.766 bits per heavy atom. The summed E-state index contributed by atoms with van der Waals surface area (Å²) in [5.41, 5.74) is 2.13. The van der Waals surface area contributed by atoms with E-state index in [4.69, 9.17) is 6.42 Å². The standard InChI is InChI=1S/C34H52N6O7/c1-4-29-10-12-30(13-11-29)9-7-5-6-8-14-35-31(42)23-36-34(47)28(3)40-21-19-37(24-27(2)41)15-16-38(25-32(43)44)17-18-39(20-22-40)26-33(45)46/h1,10-13,28H,5-9,14-26H2,2-3H3,(H,35,42)(H,36,47)(H,43,44)(H,45,46). The van der Waals surface area contributed by atoms with Gasteiger partial charge in [-0.15, -0.1) is 6.42 Å². The van der Waals surface area contributed by atoms with Crippen molar-refractivity contribution in [1.82, 2.24) is 30.2 Å². The SMILES string of the molecule is C#Cc1ccc(CCCCCCNC(=O)CNC(=O)C(C)N2CCN(CC(C)=O)CCN(CC(=O)O)CCN(CC(=O)O)CC2)cc1. The summed E-state index contributed by atoms with van der Waals surface area (Å²) in [5.74, 6) is 0.0346. The van der Waals surface area contributed by atoms with Crippen molar-refractivity contribution in [3.05, 3.63) is 35.4 Å². The molecule has 13 nitrogen and oxygen atoms in total. The maximum atomic E-state index is 13.1. The molecule has 1 aliphatic heterocycles. The van der Waals surface area contributed by atoms with Crippen LogP contribution in [0.25, 0.3) is 0 Å². The summed E-state index contributed by atoms with van der Waals surface area (Å²) in [4.78, 5) is 67.7. The van der Waals surface area contributed by atoms with Gasteiger partial charge in [0.25, 0.3) is 0 Å². The van der Waals surface area contributed by atoms with Crippen LogP contribution >= 0.6 is 0 Å². The number of aryl methyl sites for hydroxylation is 1. The highest BCUT2D eigenvalue weighted by molar-refractivity contribution is 5.87. The Morgan fingerprint density at radius 2 is 1.28 bits per heavy atom. The van der Waals surface area contributed by atoms with E-state index in [1.165, 1.54) is 12.5 Å². The Labute approximate surface area is 278 Å². The van der Waals surface area contributed by atoms with Gasteiger partial charge >= 0.3 is 11.9 Å². The Morgan fingerprint density at radius 3 is 1.79 bits per heavy atom. The van der Waals surface area contributed by atoms with E-state index in [0.717, 1.165) is 37.7 Å². The molecule has 0 bridgehead atoms. The Hall–Kier alpha value is -3.83. The maximum absolute atomic E-state index is 13.1. The lowest BCUT2D eigenvalue weighted by Crippen LogP contribution is -2.53. The van der Waals surface area contributed by atoms with Gasteiger partial charge < -0.3 is 20.8 Å². The zero-order valence-electron chi connectivity index (χ0n) is 27.9. The van der Waals surface area contributed by atoms with E-state index in [1.54, 1.807) is 16.7 Å². The van der Waals surface area contributed by atoms with E-state index in [1.807, 2.05) is 21.9 Å². The molecule has 0 aliphatic carbocycles. The van der Waals surface area contributed by atoms with Gasteiger partial charge in [0.2, 0.25) is 11.8 Å². The second-order valence-electron chi connectivity index (χ2n) is 12.1. The summed E-state index contributed by atoms with van der Waals surface area (Å²) >= 11 is 0. The molecule has 1 aromatic carbocycles. The molecule has 1 fully saturated rings. The van der Waals surface area contributed by atoms with Crippen LogP contribution in [0, 0.1) is 12.3 Å². The molecule has 13 heteroatoms. The molecular weight excluding hydrogens is 604 g/mol. The summed E-state index contributed by atoms with van der Waals surface area (Å²) < 4.78 is 0. The van der Waals surface area contributed by atoms with Crippen LogP contribution < -0.4 is 10.6 Å². The highest BCUT2D eigenvalue weighted by Crippen LogP contribution is 2.09. The van der Waals surface area contributed by atoms with Crippen molar-refractivity contribution in [2.75, 3.05) is 85.1 Å². The quantitative estimate of drug-likeness (QED) is 0.135. The first-order chi connectivity index (χ1) is 22.5. The number of hydrogen-bond acceptors (Lipinski definition) is 9. The fraction of sp³-hybridized carbons (Fsp3) is 0.618. The third-order valence-corrected chi connectivity index (χ3v) is 8.22. The third kappa shape index (κ3) is 17.1. The number of ketones is 1. The largest absolute Gasteiger partial charge is 0.480 e. The number of aliphatic carboxylic acids is 2. The van der Waals surface area contributed by atoms with E-state index < -0.39 is 18.0 Å². The lowest BCUT2D eigenvalue weighted by Gasteiger charge is -2.35. The van der Waals surface area contributed by atoms with Crippen LogP contribution in [0.4, 0.5) is 0 Å². The van der Waals surface area contributed by atoms with Crippen molar-refractivity contribution < 1.29 is 34.2 Å². The number of amides is 2. The molecule has 1 aromatic rings. The predicted molar refractivity (Wildman–Crippen MR) is 179 cm³/mol. The normalized spacial score (nSPS) is 16.6. The Kier molecular flexibility index (Phi) is 18.3. The predicted octanol–water partition coefficient (Wildman–Crippen LogP) is 0.372. The summed E-state index contributed by atoms with van der Waals surface area (Å²) in [5, 5.41) is 24.4. The number of carboxylic acid groups (broad SMARTS) is 2. The van der Waals surface area contributed by atoms with Gasteiger partial charge in [-0.25, -0.2) is 0 Å². The molecular formula is C34H52N6O7.